The van der Waals surface area contributed by atoms with Crippen molar-refractivity contribution in [2.75, 3.05) is 13.2 Å². The lowest BCUT2D eigenvalue weighted by Crippen LogP contribution is -2.28. The molecule has 2 atom stereocenters. The summed E-state index contributed by atoms with van der Waals surface area (Å²) in [5.74, 6) is -0.151. The summed E-state index contributed by atoms with van der Waals surface area (Å²) in [7, 11) is 0. The monoisotopic (exact) mass is 478 g/mol. The first-order valence-electron chi connectivity index (χ1n) is 11.9. The quantitative estimate of drug-likeness (QED) is 0.386. The molecule has 6 nitrogen and oxygen atoms in total. The molecule has 1 heterocycles. The summed E-state index contributed by atoms with van der Waals surface area (Å²) >= 11 is 0. The first-order chi connectivity index (χ1) is 16.9. The summed E-state index contributed by atoms with van der Waals surface area (Å²) in [5.41, 5.74) is 8.90. The van der Waals surface area contributed by atoms with E-state index in [2.05, 4.69) is 5.32 Å². The molecule has 1 aliphatic rings. The molecule has 0 aliphatic carbocycles. The summed E-state index contributed by atoms with van der Waals surface area (Å²) < 4.78 is 27.4. The molecule has 35 heavy (non-hydrogen) atoms. The number of carbonyl (C=O) groups is 1. The van der Waals surface area contributed by atoms with E-state index in [9.17, 15) is 9.90 Å². The van der Waals surface area contributed by atoms with Crippen molar-refractivity contribution in [1.29, 1.82) is 0 Å². The van der Waals surface area contributed by atoms with Gasteiger partial charge in [-0.3, -0.25) is 4.79 Å². The predicted molar refractivity (Wildman–Crippen MR) is 133 cm³/mol. The van der Waals surface area contributed by atoms with E-state index in [1.54, 1.807) is 49.4 Å². The zero-order chi connectivity index (χ0) is 24.8. The molecule has 1 unspecified atom stereocenters. The Morgan fingerprint density at radius 2 is 2.00 bits per heavy atom. The fourth-order valence-corrected chi connectivity index (χ4v) is 4.32. The summed E-state index contributed by atoms with van der Waals surface area (Å²) in [6, 6.07) is 17.7. The Morgan fingerprint density at radius 1 is 1.17 bits per heavy atom. The van der Waals surface area contributed by atoms with Gasteiger partial charge in [-0.05, 0) is 61.7 Å². The van der Waals surface area contributed by atoms with Crippen molar-refractivity contribution in [2.24, 2.45) is 5.73 Å². The largest absolute Gasteiger partial charge is 0.492 e. The van der Waals surface area contributed by atoms with Crippen LogP contribution < -0.4 is 20.5 Å². The van der Waals surface area contributed by atoms with Crippen LogP contribution in [0.3, 0.4) is 0 Å². The van der Waals surface area contributed by atoms with Gasteiger partial charge in [-0.2, -0.15) is 0 Å². The van der Waals surface area contributed by atoms with Crippen LogP contribution in [0.15, 0.2) is 60.7 Å². The molecule has 0 amide bonds. The third-order valence-electron chi connectivity index (χ3n) is 6.12. The van der Waals surface area contributed by atoms with Gasteiger partial charge in [-0.1, -0.05) is 36.4 Å². The maximum atomic E-state index is 15.3. The average molecular weight is 479 g/mol. The molecule has 1 fully saturated rings. The zero-order valence-electron chi connectivity index (χ0n) is 19.8. The Labute approximate surface area is 204 Å². The predicted octanol–water partition coefficient (Wildman–Crippen LogP) is 4.85. The SMILES string of the molecule is C[C@@H](N)c1cccc(-c2cc(COc3ccccc3CC(=O)O)cc(OCC3CCCN3)c2)c1F. The van der Waals surface area contributed by atoms with E-state index in [4.69, 9.17) is 15.2 Å². The fourth-order valence-electron chi connectivity index (χ4n) is 4.32. The van der Waals surface area contributed by atoms with Gasteiger partial charge in [0.15, 0.2) is 0 Å². The van der Waals surface area contributed by atoms with Gasteiger partial charge in [0.2, 0.25) is 0 Å². The number of aliphatic carboxylic acids is 1. The Hall–Kier alpha value is -3.42. The van der Waals surface area contributed by atoms with Crippen LogP contribution in [0.2, 0.25) is 0 Å². The molecule has 0 aromatic heterocycles. The smallest absolute Gasteiger partial charge is 0.307 e. The molecule has 1 saturated heterocycles. The summed E-state index contributed by atoms with van der Waals surface area (Å²) in [5, 5.41) is 12.6. The molecular formula is C28H31FN2O4. The molecule has 4 rings (SSSR count). The van der Waals surface area contributed by atoms with E-state index in [1.807, 2.05) is 18.2 Å². The summed E-state index contributed by atoms with van der Waals surface area (Å²) in [6.45, 7) is 3.44. The van der Waals surface area contributed by atoms with Crippen LogP contribution in [0, 0.1) is 5.82 Å². The minimum absolute atomic E-state index is 0.131. The normalized spacial score (nSPS) is 16.1. The van der Waals surface area contributed by atoms with Gasteiger partial charge in [0, 0.05) is 28.8 Å². The van der Waals surface area contributed by atoms with Gasteiger partial charge >= 0.3 is 5.97 Å². The second-order valence-electron chi connectivity index (χ2n) is 8.93. The lowest BCUT2D eigenvalue weighted by Gasteiger charge is -2.17. The molecule has 0 saturated carbocycles. The molecule has 0 radical (unpaired) electrons. The van der Waals surface area contributed by atoms with E-state index < -0.39 is 12.0 Å². The standard InChI is InChI=1S/C28H31FN2O4/c1-18(30)24-8-4-9-25(28(24)29)21-12-19(13-23(14-21)34-17-22-7-5-11-31-22)16-35-26-10-3-2-6-20(26)15-27(32)33/h2-4,6,8-10,12-14,18,22,31H,5,7,11,15-17,30H2,1H3,(H,32,33)/t18-,22?/m1/s1. The molecule has 184 valence electrons. The van der Waals surface area contributed by atoms with Crippen molar-refractivity contribution in [3.05, 3.63) is 83.2 Å². The Bertz CT molecular complexity index is 1180. The van der Waals surface area contributed by atoms with Crippen molar-refractivity contribution in [2.45, 2.75) is 44.9 Å². The van der Waals surface area contributed by atoms with Gasteiger partial charge in [0.05, 0.1) is 6.42 Å². The molecule has 0 spiro atoms. The van der Waals surface area contributed by atoms with E-state index in [1.165, 1.54) is 0 Å². The van der Waals surface area contributed by atoms with E-state index in [0.717, 1.165) is 24.9 Å². The number of hydrogen-bond donors (Lipinski definition) is 3. The number of carboxylic acids is 1. The van der Waals surface area contributed by atoms with Crippen LogP contribution in [-0.2, 0) is 17.8 Å². The highest BCUT2D eigenvalue weighted by atomic mass is 19.1. The number of para-hydroxylation sites is 1. The topological polar surface area (TPSA) is 93.8 Å². The van der Waals surface area contributed by atoms with Crippen LogP contribution in [0.4, 0.5) is 4.39 Å². The van der Waals surface area contributed by atoms with E-state index >= 15 is 4.39 Å². The van der Waals surface area contributed by atoms with Gasteiger partial charge in [-0.15, -0.1) is 0 Å². The van der Waals surface area contributed by atoms with Gasteiger partial charge < -0.3 is 25.6 Å². The number of rotatable bonds is 10. The number of nitrogens with one attached hydrogen (secondary N) is 1. The number of ether oxygens (including phenoxy) is 2. The number of nitrogens with two attached hydrogens (primary N) is 1. The maximum Gasteiger partial charge on any atom is 0.307 e. The van der Waals surface area contributed by atoms with Crippen LogP contribution in [0.25, 0.3) is 11.1 Å². The second-order valence-corrected chi connectivity index (χ2v) is 8.93. The molecule has 7 heteroatoms. The minimum atomic E-state index is -0.927. The number of hydrogen-bond acceptors (Lipinski definition) is 5. The molecule has 3 aromatic rings. The first-order valence-corrected chi connectivity index (χ1v) is 11.9. The van der Waals surface area contributed by atoms with Crippen molar-refractivity contribution >= 4 is 5.97 Å². The average Bonchev–Trinajstić information content (AvgIpc) is 3.35. The summed E-state index contributed by atoms with van der Waals surface area (Å²) in [4.78, 5) is 11.2. The Kier molecular flexibility index (Phi) is 8.00. The second kappa shape index (κ2) is 11.3. The lowest BCUT2D eigenvalue weighted by molar-refractivity contribution is -0.136. The zero-order valence-corrected chi connectivity index (χ0v) is 19.8. The van der Waals surface area contributed by atoms with E-state index in [-0.39, 0.29) is 18.8 Å². The number of carboxylic acid groups (broad SMARTS) is 1. The van der Waals surface area contributed by atoms with Crippen molar-refractivity contribution in [3.63, 3.8) is 0 Å². The Morgan fingerprint density at radius 3 is 2.74 bits per heavy atom. The Balaban J connectivity index is 1.63. The van der Waals surface area contributed by atoms with Crippen LogP contribution in [0.5, 0.6) is 11.5 Å². The first kappa shape index (κ1) is 24.7. The molecule has 0 bridgehead atoms. The molecule has 1 aliphatic heterocycles. The van der Waals surface area contributed by atoms with Crippen LogP contribution >= 0.6 is 0 Å². The highest BCUT2D eigenvalue weighted by Crippen LogP contribution is 2.32. The highest BCUT2D eigenvalue weighted by Gasteiger charge is 2.17. The van der Waals surface area contributed by atoms with Crippen LogP contribution in [0.1, 0.15) is 42.5 Å². The summed E-state index contributed by atoms with van der Waals surface area (Å²) in [6.07, 6.45) is 2.05. The third-order valence-corrected chi connectivity index (χ3v) is 6.12. The number of benzene rings is 3. The van der Waals surface area contributed by atoms with Gasteiger partial charge in [0.1, 0.15) is 30.5 Å². The molecule has 3 aromatic carbocycles. The fraction of sp³-hybridized carbons (Fsp3) is 0.321. The molecular weight excluding hydrogens is 447 g/mol. The van der Waals surface area contributed by atoms with Crippen molar-refractivity contribution in [3.8, 4) is 22.6 Å². The highest BCUT2D eigenvalue weighted by molar-refractivity contribution is 5.71. The van der Waals surface area contributed by atoms with Gasteiger partial charge in [-0.25, -0.2) is 4.39 Å². The molecule has 4 N–H and O–H groups in total. The van der Waals surface area contributed by atoms with E-state index in [0.29, 0.717) is 46.4 Å². The minimum Gasteiger partial charge on any atom is -0.492 e. The van der Waals surface area contributed by atoms with Gasteiger partial charge in [0.25, 0.3) is 0 Å². The van der Waals surface area contributed by atoms with Crippen molar-refractivity contribution in [1.82, 2.24) is 5.32 Å². The van der Waals surface area contributed by atoms with Crippen LogP contribution in [-0.4, -0.2) is 30.3 Å². The van der Waals surface area contributed by atoms with Crippen molar-refractivity contribution < 1.29 is 23.8 Å². The third kappa shape index (κ3) is 6.38. The number of halogens is 1. The lowest BCUT2D eigenvalue weighted by atomic mass is 9.97. The maximum absolute atomic E-state index is 15.3.